The molecular formula is C25H28N2O6. The molecule has 2 aromatic carbocycles. The number of ether oxygens (including phenoxy) is 1. The summed E-state index contributed by atoms with van der Waals surface area (Å²) in [5.41, 5.74) is 4.70. The van der Waals surface area contributed by atoms with Gasteiger partial charge >= 0.3 is 12.1 Å². The predicted molar refractivity (Wildman–Crippen MR) is 120 cm³/mol. The molecule has 33 heavy (non-hydrogen) atoms. The van der Waals surface area contributed by atoms with Gasteiger partial charge in [0.25, 0.3) is 0 Å². The van der Waals surface area contributed by atoms with E-state index >= 15 is 0 Å². The maximum absolute atomic E-state index is 12.5. The van der Waals surface area contributed by atoms with Crippen LogP contribution in [-0.2, 0) is 19.2 Å². The molecule has 2 atom stereocenters. The van der Waals surface area contributed by atoms with Gasteiger partial charge in [0.05, 0.1) is 0 Å². The quantitative estimate of drug-likeness (QED) is 0.594. The Kier molecular flexibility index (Phi) is 6.93. The van der Waals surface area contributed by atoms with Crippen molar-refractivity contribution in [3.05, 3.63) is 59.7 Å². The molecule has 1 fully saturated rings. The molecule has 4 rings (SSSR count). The van der Waals surface area contributed by atoms with Crippen molar-refractivity contribution in [1.29, 1.82) is 0 Å². The Labute approximate surface area is 192 Å². The molecule has 0 unspecified atom stereocenters. The molecule has 1 saturated carbocycles. The minimum atomic E-state index is -1.14. The Morgan fingerprint density at radius 2 is 1.67 bits per heavy atom. The lowest BCUT2D eigenvalue weighted by Crippen LogP contribution is -2.34. The number of carbonyl (C=O) groups excluding carboxylic acids is 2. The fourth-order valence-corrected chi connectivity index (χ4v) is 4.80. The molecule has 8 heteroatoms. The number of rotatable bonds is 8. The number of hydroxylamine groups is 2. The third-order valence-corrected chi connectivity index (χ3v) is 6.40. The third kappa shape index (κ3) is 5.34. The van der Waals surface area contributed by atoms with Crippen LogP contribution in [0.2, 0.25) is 0 Å². The van der Waals surface area contributed by atoms with Gasteiger partial charge in [0.1, 0.15) is 6.61 Å². The largest absolute Gasteiger partial charge is 0.479 e. The molecule has 0 spiro atoms. The highest BCUT2D eigenvalue weighted by Crippen LogP contribution is 2.44. The number of nitrogens with one attached hydrogen (secondary N) is 1. The summed E-state index contributed by atoms with van der Waals surface area (Å²) in [7, 11) is 1.41. The van der Waals surface area contributed by atoms with Gasteiger partial charge in [-0.05, 0) is 47.4 Å². The van der Waals surface area contributed by atoms with E-state index in [-0.39, 0.29) is 36.8 Å². The van der Waals surface area contributed by atoms with Gasteiger partial charge in [0.2, 0.25) is 5.91 Å². The fourth-order valence-electron chi connectivity index (χ4n) is 4.80. The van der Waals surface area contributed by atoms with Crippen LogP contribution in [0, 0.1) is 5.92 Å². The summed E-state index contributed by atoms with van der Waals surface area (Å²) < 4.78 is 5.61. The van der Waals surface area contributed by atoms with Crippen molar-refractivity contribution in [2.24, 2.45) is 5.92 Å². The normalized spacial score (nSPS) is 18.9. The standard InChI is InChI=1S/C25H28N2O6/c1-27(33-15-24(29)30)23(28)13-16-10-11-17(12-16)26-25(31)32-14-22-20-8-4-2-6-18(20)19-7-3-5-9-21(19)22/h2-9,16-17,22H,10-15H2,1H3,(H,26,31)(H,29,30)/t16-,17+/m1/s1. The van der Waals surface area contributed by atoms with Gasteiger partial charge in [0.15, 0.2) is 6.61 Å². The minimum absolute atomic E-state index is 0.0124. The third-order valence-electron chi connectivity index (χ3n) is 6.40. The van der Waals surface area contributed by atoms with E-state index in [2.05, 4.69) is 29.6 Å². The van der Waals surface area contributed by atoms with E-state index in [9.17, 15) is 14.4 Å². The zero-order chi connectivity index (χ0) is 23.4. The fraction of sp³-hybridized carbons (Fsp3) is 0.400. The number of alkyl carbamates (subject to hydrolysis) is 1. The molecule has 2 amide bonds. The summed E-state index contributed by atoms with van der Waals surface area (Å²) >= 11 is 0. The number of carbonyl (C=O) groups is 3. The van der Waals surface area contributed by atoms with E-state index in [0.717, 1.165) is 17.9 Å². The van der Waals surface area contributed by atoms with Gasteiger partial charge in [-0.3, -0.25) is 9.63 Å². The number of carboxylic acids is 1. The molecule has 0 aromatic heterocycles. The lowest BCUT2D eigenvalue weighted by atomic mass is 9.98. The molecule has 0 radical (unpaired) electrons. The Bertz CT molecular complexity index is 994. The van der Waals surface area contributed by atoms with E-state index < -0.39 is 18.7 Å². The zero-order valence-corrected chi connectivity index (χ0v) is 18.5. The summed E-state index contributed by atoms with van der Waals surface area (Å²) in [6.07, 6.45) is 2.03. The van der Waals surface area contributed by atoms with Gasteiger partial charge in [-0.15, -0.1) is 0 Å². The minimum Gasteiger partial charge on any atom is -0.479 e. The summed E-state index contributed by atoms with van der Waals surface area (Å²) in [5.74, 6) is -1.29. The number of benzene rings is 2. The predicted octanol–water partition coefficient (Wildman–Crippen LogP) is 3.56. The van der Waals surface area contributed by atoms with Crippen LogP contribution in [0.15, 0.2) is 48.5 Å². The molecule has 0 heterocycles. The van der Waals surface area contributed by atoms with Gasteiger partial charge < -0.3 is 15.2 Å². The summed E-state index contributed by atoms with van der Waals surface area (Å²) in [4.78, 5) is 40.1. The van der Waals surface area contributed by atoms with Crippen molar-refractivity contribution in [2.45, 2.75) is 37.6 Å². The second kappa shape index (κ2) is 10.0. The molecule has 2 aliphatic carbocycles. The van der Waals surface area contributed by atoms with Crippen molar-refractivity contribution in [1.82, 2.24) is 10.4 Å². The van der Waals surface area contributed by atoms with Crippen LogP contribution in [0.25, 0.3) is 11.1 Å². The SMILES string of the molecule is CN(OCC(=O)O)C(=O)C[C@@H]1CC[C@H](NC(=O)OCC2c3ccccc3-c3ccccc32)C1. The van der Waals surface area contributed by atoms with Crippen LogP contribution in [0.4, 0.5) is 4.79 Å². The first-order chi connectivity index (χ1) is 15.9. The maximum Gasteiger partial charge on any atom is 0.407 e. The maximum atomic E-state index is 12.5. The molecule has 2 aromatic rings. The Balaban J connectivity index is 1.25. The zero-order valence-electron chi connectivity index (χ0n) is 18.5. The van der Waals surface area contributed by atoms with Crippen LogP contribution in [-0.4, -0.2) is 54.4 Å². The van der Waals surface area contributed by atoms with Gasteiger partial charge in [-0.25, -0.2) is 14.7 Å². The number of aliphatic carboxylic acids is 1. The van der Waals surface area contributed by atoms with Crippen LogP contribution in [0.3, 0.4) is 0 Å². The summed E-state index contributed by atoms with van der Waals surface area (Å²) in [6, 6.07) is 16.3. The first-order valence-corrected chi connectivity index (χ1v) is 11.1. The Morgan fingerprint density at radius 3 is 2.30 bits per heavy atom. The molecule has 0 aliphatic heterocycles. The highest BCUT2D eigenvalue weighted by molar-refractivity contribution is 5.79. The van der Waals surface area contributed by atoms with E-state index in [4.69, 9.17) is 14.7 Å². The highest BCUT2D eigenvalue weighted by atomic mass is 16.7. The lowest BCUT2D eigenvalue weighted by molar-refractivity contribution is -0.186. The average molecular weight is 453 g/mol. The second-order valence-corrected chi connectivity index (χ2v) is 8.61. The monoisotopic (exact) mass is 452 g/mol. The highest BCUT2D eigenvalue weighted by Gasteiger charge is 2.31. The molecule has 0 bridgehead atoms. The van der Waals surface area contributed by atoms with Crippen molar-refractivity contribution in [3.8, 4) is 11.1 Å². The number of carboxylic acid groups (broad SMARTS) is 1. The van der Waals surface area contributed by atoms with E-state index in [1.54, 1.807) is 0 Å². The van der Waals surface area contributed by atoms with E-state index in [1.807, 2.05) is 24.3 Å². The Morgan fingerprint density at radius 1 is 1.03 bits per heavy atom. The molecule has 174 valence electrons. The van der Waals surface area contributed by atoms with Crippen molar-refractivity contribution in [2.75, 3.05) is 20.3 Å². The molecule has 2 N–H and O–H groups in total. The van der Waals surface area contributed by atoms with Gasteiger partial charge in [0, 0.05) is 25.4 Å². The molecule has 0 saturated heterocycles. The van der Waals surface area contributed by atoms with E-state index in [0.29, 0.717) is 6.42 Å². The number of fused-ring (bicyclic) bond motifs is 3. The van der Waals surface area contributed by atoms with Crippen LogP contribution < -0.4 is 5.32 Å². The number of nitrogens with zero attached hydrogens (tertiary/aromatic N) is 1. The van der Waals surface area contributed by atoms with E-state index in [1.165, 1.54) is 29.3 Å². The Hall–Kier alpha value is -3.39. The van der Waals surface area contributed by atoms with Crippen LogP contribution in [0.1, 0.15) is 42.7 Å². The van der Waals surface area contributed by atoms with Crippen molar-refractivity contribution in [3.63, 3.8) is 0 Å². The lowest BCUT2D eigenvalue weighted by Gasteiger charge is -2.18. The first-order valence-electron chi connectivity index (χ1n) is 11.1. The van der Waals surface area contributed by atoms with Crippen LogP contribution >= 0.6 is 0 Å². The smallest absolute Gasteiger partial charge is 0.407 e. The second-order valence-electron chi connectivity index (χ2n) is 8.61. The van der Waals surface area contributed by atoms with Gasteiger partial charge in [-0.2, -0.15) is 0 Å². The molecule has 2 aliphatic rings. The first kappa shape index (κ1) is 22.8. The van der Waals surface area contributed by atoms with Gasteiger partial charge in [-0.1, -0.05) is 48.5 Å². The number of hydrogen-bond acceptors (Lipinski definition) is 5. The number of amides is 2. The van der Waals surface area contributed by atoms with Crippen LogP contribution in [0.5, 0.6) is 0 Å². The summed E-state index contributed by atoms with van der Waals surface area (Å²) in [5, 5.41) is 12.5. The van der Waals surface area contributed by atoms with Crippen molar-refractivity contribution < 1.29 is 29.1 Å². The molecular weight excluding hydrogens is 424 g/mol. The number of hydrogen-bond donors (Lipinski definition) is 2. The topological polar surface area (TPSA) is 105 Å². The average Bonchev–Trinajstić information content (AvgIpc) is 3.37. The summed E-state index contributed by atoms with van der Waals surface area (Å²) in [6.45, 7) is -0.293. The molecule has 8 nitrogen and oxygen atoms in total. The van der Waals surface area contributed by atoms with Crippen molar-refractivity contribution >= 4 is 18.0 Å².